The second kappa shape index (κ2) is 7.26. The van der Waals surface area contributed by atoms with Crippen molar-refractivity contribution in [3.63, 3.8) is 0 Å². The Bertz CT molecular complexity index is 503. The number of nitrogens with one attached hydrogen (secondary N) is 1. The van der Waals surface area contributed by atoms with Gasteiger partial charge < -0.3 is 10.2 Å². The number of halogens is 4. The van der Waals surface area contributed by atoms with E-state index in [1.807, 2.05) is 25.9 Å². The summed E-state index contributed by atoms with van der Waals surface area (Å²) >= 11 is 2.85. The second-order valence-corrected chi connectivity index (χ2v) is 6.01. The third-order valence-corrected chi connectivity index (χ3v) is 3.61. The molecule has 1 unspecified atom stereocenters. The molecule has 0 aliphatic rings. The maximum atomic E-state index is 12.8. The van der Waals surface area contributed by atoms with Crippen LogP contribution in [0.15, 0.2) is 22.7 Å². The summed E-state index contributed by atoms with van der Waals surface area (Å²) in [6.07, 6.45) is -3.77. The summed E-state index contributed by atoms with van der Waals surface area (Å²) in [5.74, 6) is -0.501. The Balaban J connectivity index is 2.79. The first-order chi connectivity index (χ1) is 9.61. The summed E-state index contributed by atoms with van der Waals surface area (Å²) in [5, 5.41) is 2.70. The highest BCUT2D eigenvalue weighted by Gasteiger charge is 2.33. The molecule has 0 saturated carbocycles. The fourth-order valence-corrected chi connectivity index (χ4v) is 2.19. The Morgan fingerprint density at radius 2 is 2.00 bits per heavy atom. The van der Waals surface area contributed by atoms with Gasteiger partial charge in [0.05, 0.1) is 5.56 Å². The molecule has 1 aromatic rings. The lowest BCUT2D eigenvalue weighted by atomic mass is 10.1. The number of amides is 1. The SMILES string of the molecule is CC(CCN(C)C)NC(=O)c1ccc(Br)c(C(F)(F)F)c1. The van der Waals surface area contributed by atoms with Crippen molar-refractivity contribution in [1.82, 2.24) is 10.2 Å². The van der Waals surface area contributed by atoms with Crippen LogP contribution >= 0.6 is 15.9 Å². The van der Waals surface area contributed by atoms with E-state index in [0.29, 0.717) is 0 Å². The van der Waals surface area contributed by atoms with Crippen LogP contribution < -0.4 is 5.32 Å². The summed E-state index contributed by atoms with van der Waals surface area (Å²) < 4.78 is 38.3. The molecule has 0 saturated heterocycles. The quantitative estimate of drug-likeness (QED) is 0.864. The van der Waals surface area contributed by atoms with Gasteiger partial charge in [0.25, 0.3) is 5.91 Å². The number of hydrogen-bond donors (Lipinski definition) is 1. The van der Waals surface area contributed by atoms with E-state index in [2.05, 4.69) is 21.2 Å². The van der Waals surface area contributed by atoms with Gasteiger partial charge in [-0.2, -0.15) is 13.2 Å². The van der Waals surface area contributed by atoms with Gasteiger partial charge in [-0.05, 0) is 52.2 Å². The number of carbonyl (C=O) groups is 1. The fourth-order valence-electron chi connectivity index (χ4n) is 1.71. The van der Waals surface area contributed by atoms with Gasteiger partial charge in [0, 0.05) is 16.1 Å². The average Bonchev–Trinajstić information content (AvgIpc) is 2.35. The van der Waals surface area contributed by atoms with Gasteiger partial charge in [-0.15, -0.1) is 0 Å². The Morgan fingerprint density at radius 3 is 2.52 bits per heavy atom. The molecule has 3 nitrogen and oxygen atoms in total. The lowest BCUT2D eigenvalue weighted by molar-refractivity contribution is -0.138. The molecule has 1 N–H and O–H groups in total. The van der Waals surface area contributed by atoms with E-state index in [1.54, 1.807) is 0 Å². The molecule has 118 valence electrons. The van der Waals surface area contributed by atoms with Crippen molar-refractivity contribution in [2.75, 3.05) is 20.6 Å². The van der Waals surface area contributed by atoms with Crippen molar-refractivity contribution >= 4 is 21.8 Å². The van der Waals surface area contributed by atoms with Gasteiger partial charge in [0.1, 0.15) is 0 Å². The average molecular weight is 367 g/mol. The molecule has 1 amide bonds. The van der Waals surface area contributed by atoms with Gasteiger partial charge in [-0.1, -0.05) is 15.9 Å². The molecule has 0 spiro atoms. The van der Waals surface area contributed by atoms with Crippen LogP contribution in [0.4, 0.5) is 13.2 Å². The smallest absolute Gasteiger partial charge is 0.350 e. The zero-order valence-electron chi connectivity index (χ0n) is 12.1. The van der Waals surface area contributed by atoms with Crippen molar-refractivity contribution in [2.45, 2.75) is 25.6 Å². The highest BCUT2D eigenvalue weighted by Crippen LogP contribution is 2.35. The zero-order chi connectivity index (χ0) is 16.2. The molecule has 21 heavy (non-hydrogen) atoms. The van der Waals surface area contributed by atoms with Crippen LogP contribution in [0.5, 0.6) is 0 Å². The summed E-state index contributed by atoms with van der Waals surface area (Å²) in [6, 6.07) is 3.35. The number of rotatable bonds is 5. The Kier molecular flexibility index (Phi) is 6.22. The van der Waals surface area contributed by atoms with E-state index in [0.717, 1.165) is 19.0 Å². The van der Waals surface area contributed by atoms with E-state index in [4.69, 9.17) is 0 Å². The predicted octanol–water partition coefficient (Wildman–Crippen LogP) is 3.54. The summed E-state index contributed by atoms with van der Waals surface area (Å²) in [4.78, 5) is 14.0. The largest absolute Gasteiger partial charge is 0.417 e. The molecule has 0 bridgehead atoms. The Morgan fingerprint density at radius 1 is 1.38 bits per heavy atom. The van der Waals surface area contributed by atoms with Crippen LogP contribution in [0.2, 0.25) is 0 Å². The molecule has 0 aliphatic carbocycles. The Labute approximate surface area is 130 Å². The maximum Gasteiger partial charge on any atom is 0.417 e. The first kappa shape index (κ1) is 18.0. The molecule has 7 heteroatoms. The molecule has 0 heterocycles. The molecule has 0 aromatic heterocycles. The van der Waals surface area contributed by atoms with E-state index >= 15 is 0 Å². The first-order valence-corrected chi connectivity index (χ1v) is 7.23. The van der Waals surface area contributed by atoms with Gasteiger partial charge in [0.2, 0.25) is 0 Å². The van der Waals surface area contributed by atoms with E-state index in [1.165, 1.54) is 12.1 Å². The zero-order valence-corrected chi connectivity index (χ0v) is 13.7. The van der Waals surface area contributed by atoms with Crippen molar-refractivity contribution < 1.29 is 18.0 Å². The topological polar surface area (TPSA) is 32.3 Å². The lowest BCUT2D eigenvalue weighted by Gasteiger charge is -2.17. The highest BCUT2D eigenvalue weighted by atomic mass is 79.9. The summed E-state index contributed by atoms with van der Waals surface area (Å²) in [6.45, 7) is 2.61. The van der Waals surface area contributed by atoms with Gasteiger partial charge >= 0.3 is 6.18 Å². The molecule has 1 rings (SSSR count). The van der Waals surface area contributed by atoms with Gasteiger partial charge in [-0.3, -0.25) is 4.79 Å². The van der Waals surface area contributed by atoms with Crippen LogP contribution in [0.3, 0.4) is 0 Å². The number of benzene rings is 1. The van der Waals surface area contributed by atoms with Crippen molar-refractivity contribution in [3.05, 3.63) is 33.8 Å². The molecule has 1 atom stereocenters. The monoisotopic (exact) mass is 366 g/mol. The molecule has 0 aliphatic heterocycles. The lowest BCUT2D eigenvalue weighted by Crippen LogP contribution is -2.34. The summed E-state index contributed by atoms with van der Waals surface area (Å²) in [7, 11) is 3.83. The minimum atomic E-state index is -4.49. The predicted molar refractivity (Wildman–Crippen MR) is 79.2 cm³/mol. The second-order valence-electron chi connectivity index (χ2n) is 5.16. The first-order valence-electron chi connectivity index (χ1n) is 6.43. The number of hydrogen-bond acceptors (Lipinski definition) is 2. The summed E-state index contributed by atoms with van der Waals surface area (Å²) in [5.41, 5.74) is -0.849. The van der Waals surface area contributed by atoms with Crippen LogP contribution in [0.1, 0.15) is 29.3 Å². The highest BCUT2D eigenvalue weighted by molar-refractivity contribution is 9.10. The minimum Gasteiger partial charge on any atom is -0.350 e. The van der Waals surface area contributed by atoms with Crippen molar-refractivity contribution in [1.29, 1.82) is 0 Å². The van der Waals surface area contributed by atoms with Crippen LogP contribution in [0.25, 0.3) is 0 Å². The molecule has 0 fully saturated rings. The molecular weight excluding hydrogens is 349 g/mol. The normalized spacial score (nSPS) is 13.3. The maximum absolute atomic E-state index is 12.8. The fraction of sp³-hybridized carbons (Fsp3) is 0.500. The van der Waals surface area contributed by atoms with Crippen LogP contribution in [0, 0.1) is 0 Å². The third kappa shape index (κ3) is 5.67. The van der Waals surface area contributed by atoms with Crippen molar-refractivity contribution in [2.24, 2.45) is 0 Å². The van der Waals surface area contributed by atoms with Crippen LogP contribution in [-0.2, 0) is 6.18 Å². The molecule has 0 radical (unpaired) electrons. The standard InChI is InChI=1S/C14H18BrF3N2O/c1-9(6-7-20(2)3)19-13(21)10-4-5-12(15)11(8-10)14(16,17)18/h4-5,8-9H,6-7H2,1-3H3,(H,19,21). The van der Waals surface area contributed by atoms with Crippen molar-refractivity contribution in [3.8, 4) is 0 Å². The number of nitrogens with zero attached hydrogens (tertiary/aromatic N) is 1. The van der Waals surface area contributed by atoms with E-state index < -0.39 is 17.6 Å². The third-order valence-electron chi connectivity index (χ3n) is 2.92. The Hall–Kier alpha value is -1.08. The minimum absolute atomic E-state index is 0.00206. The van der Waals surface area contributed by atoms with E-state index in [-0.39, 0.29) is 16.1 Å². The van der Waals surface area contributed by atoms with E-state index in [9.17, 15) is 18.0 Å². The molecular formula is C14H18BrF3N2O. The number of alkyl halides is 3. The van der Waals surface area contributed by atoms with Gasteiger partial charge in [0.15, 0.2) is 0 Å². The molecule has 1 aromatic carbocycles. The van der Waals surface area contributed by atoms with Gasteiger partial charge in [-0.25, -0.2) is 0 Å². The van der Waals surface area contributed by atoms with Crippen LogP contribution in [-0.4, -0.2) is 37.5 Å². The number of carbonyl (C=O) groups excluding carboxylic acids is 1.